The van der Waals surface area contributed by atoms with Crippen LogP contribution in [0.1, 0.15) is 10.4 Å². The van der Waals surface area contributed by atoms with Crippen LogP contribution in [-0.2, 0) is 0 Å². The number of nitro groups is 1. The zero-order chi connectivity index (χ0) is 14.7. The Balaban J connectivity index is 2.42. The Labute approximate surface area is 121 Å². The van der Waals surface area contributed by atoms with Crippen molar-refractivity contribution in [1.82, 2.24) is 4.98 Å². The second-order valence-electron chi connectivity index (χ2n) is 3.64. The van der Waals surface area contributed by atoms with Gasteiger partial charge in [-0.15, -0.1) is 0 Å². The lowest BCUT2D eigenvalue weighted by atomic mass is 10.2. The molecular formula is C12H7BrN2O5. The van der Waals surface area contributed by atoms with Crippen LogP contribution in [0.15, 0.2) is 41.0 Å². The lowest BCUT2D eigenvalue weighted by molar-refractivity contribution is -0.385. The van der Waals surface area contributed by atoms with E-state index in [-0.39, 0.29) is 22.9 Å². The van der Waals surface area contributed by atoms with Crippen LogP contribution in [0.25, 0.3) is 0 Å². The number of carboxylic acid groups (broad SMARTS) is 1. The summed E-state index contributed by atoms with van der Waals surface area (Å²) in [4.78, 5) is 25.0. The zero-order valence-electron chi connectivity index (χ0n) is 9.82. The summed E-state index contributed by atoms with van der Waals surface area (Å²) in [6, 6.07) is 6.83. The number of carboxylic acids is 1. The van der Waals surface area contributed by atoms with E-state index < -0.39 is 10.9 Å². The first kappa shape index (κ1) is 13.9. The van der Waals surface area contributed by atoms with Crippen molar-refractivity contribution in [2.75, 3.05) is 0 Å². The van der Waals surface area contributed by atoms with Gasteiger partial charge in [-0.3, -0.25) is 10.1 Å². The Kier molecular flexibility index (Phi) is 3.94. The number of pyridine rings is 1. The fourth-order valence-electron chi connectivity index (χ4n) is 1.45. The molecule has 0 atom stereocenters. The number of hydrogen-bond acceptors (Lipinski definition) is 5. The summed E-state index contributed by atoms with van der Waals surface area (Å²) >= 11 is 3.15. The summed E-state index contributed by atoms with van der Waals surface area (Å²) in [7, 11) is 0. The SMILES string of the molecule is O=C(O)c1ccnc(Oc2c(Br)cccc2[N+](=O)[O-])c1. The second-order valence-corrected chi connectivity index (χ2v) is 4.49. The smallest absolute Gasteiger partial charge is 0.335 e. The van der Waals surface area contributed by atoms with Crippen LogP contribution >= 0.6 is 15.9 Å². The Morgan fingerprint density at radius 3 is 2.80 bits per heavy atom. The third-order valence-electron chi connectivity index (χ3n) is 2.33. The average Bonchev–Trinajstić information content (AvgIpc) is 2.41. The van der Waals surface area contributed by atoms with E-state index in [9.17, 15) is 14.9 Å². The summed E-state index contributed by atoms with van der Waals surface area (Å²) in [6.45, 7) is 0. The highest BCUT2D eigenvalue weighted by Gasteiger charge is 2.19. The molecule has 1 aromatic heterocycles. The third-order valence-corrected chi connectivity index (χ3v) is 2.96. The van der Waals surface area contributed by atoms with Gasteiger partial charge >= 0.3 is 11.7 Å². The number of ether oxygens (including phenoxy) is 1. The van der Waals surface area contributed by atoms with Crippen molar-refractivity contribution >= 4 is 27.6 Å². The molecule has 1 heterocycles. The number of nitro benzene ring substituents is 1. The number of aromatic nitrogens is 1. The Morgan fingerprint density at radius 1 is 1.40 bits per heavy atom. The van der Waals surface area contributed by atoms with Crippen molar-refractivity contribution in [2.24, 2.45) is 0 Å². The molecule has 0 saturated heterocycles. The van der Waals surface area contributed by atoms with Crippen LogP contribution in [0.3, 0.4) is 0 Å². The number of nitrogens with zero attached hydrogens (tertiary/aromatic N) is 2. The van der Waals surface area contributed by atoms with Crippen LogP contribution in [0, 0.1) is 10.1 Å². The van der Waals surface area contributed by atoms with Crippen molar-refractivity contribution in [3.8, 4) is 11.6 Å². The van der Waals surface area contributed by atoms with E-state index in [0.717, 1.165) is 0 Å². The zero-order valence-corrected chi connectivity index (χ0v) is 11.4. The summed E-state index contributed by atoms with van der Waals surface area (Å²) in [5.74, 6) is -1.22. The van der Waals surface area contributed by atoms with Crippen LogP contribution in [0.5, 0.6) is 11.6 Å². The van der Waals surface area contributed by atoms with E-state index in [0.29, 0.717) is 4.47 Å². The molecule has 0 fully saturated rings. The lowest BCUT2D eigenvalue weighted by Gasteiger charge is -2.07. The molecule has 0 spiro atoms. The normalized spacial score (nSPS) is 10.1. The molecule has 0 aliphatic carbocycles. The molecule has 0 radical (unpaired) electrons. The maximum atomic E-state index is 10.9. The summed E-state index contributed by atoms with van der Waals surface area (Å²) in [5.41, 5.74) is -0.272. The molecule has 0 aliphatic heterocycles. The van der Waals surface area contributed by atoms with Crippen molar-refractivity contribution in [3.05, 3.63) is 56.7 Å². The summed E-state index contributed by atoms with van der Waals surface area (Å²) < 4.78 is 5.70. The lowest BCUT2D eigenvalue weighted by Crippen LogP contribution is -1.99. The number of benzene rings is 1. The first-order valence-electron chi connectivity index (χ1n) is 5.29. The molecular weight excluding hydrogens is 332 g/mol. The topological polar surface area (TPSA) is 103 Å². The van der Waals surface area contributed by atoms with Crippen LogP contribution in [0.2, 0.25) is 0 Å². The summed E-state index contributed by atoms with van der Waals surface area (Å²) in [6.07, 6.45) is 1.25. The predicted octanol–water partition coefficient (Wildman–Crippen LogP) is 3.24. The molecule has 1 aromatic carbocycles. The molecule has 20 heavy (non-hydrogen) atoms. The molecule has 7 nitrogen and oxygen atoms in total. The van der Waals surface area contributed by atoms with E-state index in [1.165, 1.54) is 30.5 Å². The van der Waals surface area contributed by atoms with Gasteiger partial charge in [0.05, 0.1) is 15.0 Å². The molecule has 0 aliphatic rings. The fraction of sp³-hybridized carbons (Fsp3) is 0. The summed E-state index contributed by atoms with van der Waals surface area (Å²) in [5, 5.41) is 19.8. The van der Waals surface area contributed by atoms with Crippen LogP contribution < -0.4 is 4.74 Å². The van der Waals surface area contributed by atoms with Gasteiger partial charge in [0, 0.05) is 18.3 Å². The van der Waals surface area contributed by atoms with Gasteiger partial charge in [-0.05, 0) is 28.1 Å². The fourth-order valence-corrected chi connectivity index (χ4v) is 1.88. The molecule has 8 heteroatoms. The Bertz CT molecular complexity index is 689. The van der Waals surface area contributed by atoms with Crippen molar-refractivity contribution in [2.45, 2.75) is 0 Å². The van der Waals surface area contributed by atoms with Gasteiger partial charge in [-0.1, -0.05) is 6.07 Å². The molecule has 2 rings (SSSR count). The van der Waals surface area contributed by atoms with Crippen molar-refractivity contribution in [1.29, 1.82) is 0 Å². The number of rotatable bonds is 4. The first-order chi connectivity index (χ1) is 9.49. The highest BCUT2D eigenvalue weighted by Crippen LogP contribution is 2.37. The quantitative estimate of drug-likeness (QED) is 0.678. The first-order valence-corrected chi connectivity index (χ1v) is 6.08. The third kappa shape index (κ3) is 2.91. The maximum Gasteiger partial charge on any atom is 0.335 e. The standard InChI is InChI=1S/C12H7BrN2O5/c13-8-2-1-3-9(15(18)19)11(8)20-10-6-7(12(16)17)4-5-14-10/h1-6H,(H,16,17). The molecule has 0 saturated carbocycles. The second kappa shape index (κ2) is 5.66. The molecule has 0 bridgehead atoms. The minimum absolute atomic E-state index is 0.0234. The highest BCUT2D eigenvalue weighted by atomic mass is 79.9. The molecule has 1 N–H and O–H groups in total. The van der Waals surface area contributed by atoms with Crippen LogP contribution in [-0.4, -0.2) is 21.0 Å². The number of hydrogen-bond donors (Lipinski definition) is 1. The molecule has 0 amide bonds. The minimum Gasteiger partial charge on any atom is -0.478 e. The molecule has 0 unspecified atom stereocenters. The molecule has 2 aromatic rings. The van der Waals surface area contributed by atoms with Gasteiger partial charge in [-0.25, -0.2) is 9.78 Å². The molecule has 102 valence electrons. The van der Waals surface area contributed by atoms with Crippen LogP contribution in [0.4, 0.5) is 5.69 Å². The van der Waals surface area contributed by atoms with Gasteiger partial charge in [0.25, 0.3) is 0 Å². The number of carbonyl (C=O) groups is 1. The van der Waals surface area contributed by atoms with Gasteiger partial charge in [0.1, 0.15) is 0 Å². The Hall–Kier alpha value is -2.48. The largest absolute Gasteiger partial charge is 0.478 e. The highest BCUT2D eigenvalue weighted by molar-refractivity contribution is 9.10. The van der Waals surface area contributed by atoms with E-state index in [4.69, 9.17) is 9.84 Å². The van der Waals surface area contributed by atoms with E-state index in [1.807, 2.05) is 0 Å². The van der Waals surface area contributed by atoms with E-state index in [2.05, 4.69) is 20.9 Å². The van der Waals surface area contributed by atoms with E-state index in [1.54, 1.807) is 6.07 Å². The number of aromatic carboxylic acids is 1. The average molecular weight is 339 g/mol. The monoisotopic (exact) mass is 338 g/mol. The van der Waals surface area contributed by atoms with Gasteiger partial charge in [-0.2, -0.15) is 0 Å². The number of halogens is 1. The Morgan fingerprint density at radius 2 is 2.15 bits per heavy atom. The van der Waals surface area contributed by atoms with Crippen molar-refractivity contribution < 1.29 is 19.6 Å². The van der Waals surface area contributed by atoms with E-state index >= 15 is 0 Å². The van der Waals surface area contributed by atoms with Crippen molar-refractivity contribution in [3.63, 3.8) is 0 Å². The van der Waals surface area contributed by atoms with Gasteiger partial charge < -0.3 is 9.84 Å². The predicted molar refractivity (Wildman–Crippen MR) is 72.1 cm³/mol. The maximum absolute atomic E-state index is 10.9. The van der Waals surface area contributed by atoms with Gasteiger partial charge in [0.2, 0.25) is 11.6 Å². The number of para-hydroxylation sites is 1. The minimum atomic E-state index is -1.14. The van der Waals surface area contributed by atoms with Gasteiger partial charge in [0.15, 0.2) is 0 Å².